The van der Waals surface area contributed by atoms with Crippen LogP contribution in [0.3, 0.4) is 0 Å². The molecule has 2 aliphatic heterocycles. The Morgan fingerprint density at radius 2 is 1.47 bits per heavy atom. The van der Waals surface area contributed by atoms with Crippen LogP contribution in [0, 0.1) is 0 Å². The van der Waals surface area contributed by atoms with Crippen molar-refractivity contribution < 1.29 is 14.4 Å². The van der Waals surface area contributed by atoms with Gasteiger partial charge in [-0.1, -0.05) is 36.4 Å². The third kappa shape index (κ3) is 4.49. The number of benzene rings is 2. The fourth-order valence-corrected chi connectivity index (χ4v) is 5.02. The fraction of sp³-hybridized carbons (Fsp3) is 0.192. The summed E-state index contributed by atoms with van der Waals surface area (Å²) < 4.78 is 1.95. The van der Waals surface area contributed by atoms with Crippen molar-refractivity contribution in [2.45, 2.75) is 0 Å². The molecule has 34 heavy (non-hydrogen) atoms. The molecule has 172 valence electrons. The van der Waals surface area contributed by atoms with Crippen molar-refractivity contribution in [2.75, 3.05) is 37.6 Å². The molecule has 0 unspecified atom stereocenters. The van der Waals surface area contributed by atoms with Crippen molar-refractivity contribution in [1.82, 2.24) is 14.4 Å². The number of nitrogens with zero attached hydrogens (tertiary/aromatic N) is 4. The standard InChI is InChI=1S/C26H24N4O3S/c31-24(28-16-14-27(15-17-28)20-8-3-1-4-9-20)19-30-25(32)23(34-26(30)33)18-22-12-7-13-29(22)21-10-5-2-6-11-21/h1-13,18H,14-17,19H2/b23-18+. The minimum atomic E-state index is -0.424. The highest BCUT2D eigenvalue weighted by molar-refractivity contribution is 8.18. The van der Waals surface area contributed by atoms with Gasteiger partial charge in [-0.05, 0) is 54.2 Å². The fourth-order valence-electron chi connectivity index (χ4n) is 4.19. The lowest BCUT2D eigenvalue weighted by atomic mass is 10.2. The van der Waals surface area contributed by atoms with Crippen molar-refractivity contribution in [3.05, 3.63) is 89.6 Å². The molecule has 0 bridgehead atoms. The minimum Gasteiger partial charge on any atom is -0.368 e. The van der Waals surface area contributed by atoms with Gasteiger partial charge in [0, 0.05) is 49.4 Å². The number of carbonyl (C=O) groups is 3. The van der Waals surface area contributed by atoms with E-state index in [1.807, 2.05) is 71.4 Å². The van der Waals surface area contributed by atoms with Crippen LogP contribution in [0.5, 0.6) is 0 Å². The van der Waals surface area contributed by atoms with E-state index >= 15 is 0 Å². The summed E-state index contributed by atoms with van der Waals surface area (Å²) in [6, 6.07) is 23.6. The number of para-hydroxylation sites is 2. The van der Waals surface area contributed by atoms with Gasteiger partial charge in [-0.3, -0.25) is 19.3 Å². The Labute approximate surface area is 202 Å². The van der Waals surface area contributed by atoms with E-state index < -0.39 is 11.1 Å². The number of anilines is 1. The number of thioether (sulfide) groups is 1. The summed E-state index contributed by atoms with van der Waals surface area (Å²) in [6.07, 6.45) is 3.62. The summed E-state index contributed by atoms with van der Waals surface area (Å²) in [7, 11) is 0. The molecule has 0 spiro atoms. The van der Waals surface area contributed by atoms with Crippen LogP contribution in [0.4, 0.5) is 10.5 Å². The monoisotopic (exact) mass is 472 g/mol. The minimum absolute atomic E-state index is 0.205. The first-order valence-corrected chi connectivity index (χ1v) is 12.0. The zero-order chi connectivity index (χ0) is 23.5. The molecule has 0 saturated carbocycles. The van der Waals surface area contributed by atoms with Crippen molar-refractivity contribution >= 4 is 40.6 Å². The number of piperazine rings is 1. The van der Waals surface area contributed by atoms with Crippen molar-refractivity contribution in [1.29, 1.82) is 0 Å². The van der Waals surface area contributed by atoms with Crippen LogP contribution >= 0.6 is 11.8 Å². The molecule has 2 aliphatic rings. The number of rotatable bonds is 5. The molecule has 3 amide bonds. The normalized spacial score (nSPS) is 17.6. The van der Waals surface area contributed by atoms with Gasteiger partial charge < -0.3 is 14.4 Å². The molecule has 3 heterocycles. The first-order chi connectivity index (χ1) is 16.6. The second kappa shape index (κ2) is 9.61. The van der Waals surface area contributed by atoms with E-state index in [9.17, 15) is 14.4 Å². The maximum absolute atomic E-state index is 13.0. The van der Waals surface area contributed by atoms with E-state index in [1.54, 1.807) is 11.0 Å². The van der Waals surface area contributed by atoms with Crippen molar-refractivity contribution in [2.24, 2.45) is 0 Å². The summed E-state index contributed by atoms with van der Waals surface area (Å²) >= 11 is 0.876. The average Bonchev–Trinajstić information content (AvgIpc) is 3.45. The summed E-state index contributed by atoms with van der Waals surface area (Å²) in [6.45, 7) is 2.32. The summed E-state index contributed by atoms with van der Waals surface area (Å²) in [5.41, 5.74) is 2.88. The van der Waals surface area contributed by atoms with Crippen LogP contribution in [0.25, 0.3) is 11.8 Å². The van der Waals surface area contributed by atoms with Gasteiger partial charge in [-0.2, -0.15) is 0 Å². The first-order valence-electron chi connectivity index (χ1n) is 11.2. The predicted molar refractivity (Wildman–Crippen MR) is 134 cm³/mol. The van der Waals surface area contributed by atoms with Gasteiger partial charge in [0.2, 0.25) is 5.91 Å². The number of carbonyl (C=O) groups excluding carboxylic acids is 3. The lowest BCUT2D eigenvalue weighted by Gasteiger charge is -2.36. The second-order valence-electron chi connectivity index (χ2n) is 8.11. The molecule has 0 N–H and O–H groups in total. The van der Waals surface area contributed by atoms with Crippen LogP contribution in [0.2, 0.25) is 0 Å². The SMILES string of the molecule is O=C(CN1C(=O)S/C(=C/c2cccn2-c2ccccc2)C1=O)N1CCN(c2ccccc2)CC1. The average molecular weight is 473 g/mol. The van der Waals surface area contributed by atoms with Crippen LogP contribution in [-0.4, -0.2) is 64.1 Å². The van der Waals surface area contributed by atoms with Crippen LogP contribution in [0.1, 0.15) is 5.69 Å². The number of amides is 3. The Morgan fingerprint density at radius 1 is 0.824 bits per heavy atom. The van der Waals surface area contributed by atoms with Crippen LogP contribution in [0.15, 0.2) is 83.9 Å². The molecular weight excluding hydrogens is 448 g/mol. The Bertz CT molecular complexity index is 1230. The molecule has 1 aromatic heterocycles. The molecule has 2 fully saturated rings. The van der Waals surface area contributed by atoms with Crippen molar-refractivity contribution in [3.63, 3.8) is 0 Å². The quantitative estimate of drug-likeness (QED) is 0.528. The molecule has 2 aromatic carbocycles. The van der Waals surface area contributed by atoms with E-state index in [2.05, 4.69) is 17.0 Å². The summed E-state index contributed by atoms with van der Waals surface area (Å²) in [5.74, 6) is -0.629. The highest BCUT2D eigenvalue weighted by Crippen LogP contribution is 2.32. The maximum atomic E-state index is 13.0. The Balaban J connectivity index is 1.23. The van der Waals surface area contributed by atoms with Gasteiger partial charge in [0.15, 0.2) is 0 Å². The summed E-state index contributed by atoms with van der Waals surface area (Å²) in [5, 5.41) is -0.412. The first kappa shape index (κ1) is 22.0. The number of aromatic nitrogens is 1. The second-order valence-corrected chi connectivity index (χ2v) is 9.10. The predicted octanol–water partition coefficient (Wildman–Crippen LogP) is 3.86. The lowest BCUT2D eigenvalue weighted by Crippen LogP contribution is -2.51. The van der Waals surface area contributed by atoms with Gasteiger partial charge in [-0.25, -0.2) is 0 Å². The molecule has 5 rings (SSSR count). The zero-order valence-corrected chi connectivity index (χ0v) is 19.4. The molecule has 7 nitrogen and oxygen atoms in total. The van der Waals surface area contributed by atoms with Gasteiger partial charge in [-0.15, -0.1) is 0 Å². The third-order valence-electron chi connectivity index (χ3n) is 6.01. The van der Waals surface area contributed by atoms with Gasteiger partial charge in [0.1, 0.15) is 6.54 Å². The molecule has 2 saturated heterocycles. The van der Waals surface area contributed by atoms with Gasteiger partial charge >= 0.3 is 0 Å². The number of hydrogen-bond donors (Lipinski definition) is 0. The highest BCUT2D eigenvalue weighted by atomic mass is 32.2. The molecule has 0 radical (unpaired) electrons. The highest BCUT2D eigenvalue weighted by Gasteiger charge is 2.37. The summed E-state index contributed by atoms with van der Waals surface area (Å²) in [4.78, 5) is 43.8. The molecule has 0 aliphatic carbocycles. The Kier molecular flexibility index (Phi) is 6.22. The van der Waals surface area contributed by atoms with E-state index in [0.29, 0.717) is 31.1 Å². The smallest absolute Gasteiger partial charge is 0.294 e. The molecular formula is C26H24N4O3S. The molecule has 3 aromatic rings. The largest absolute Gasteiger partial charge is 0.368 e. The van der Waals surface area contributed by atoms with E-state index in [0.717, 1.165) is 33.7 Å². The van der Waals surface area contributed by atoms with Crippen LogP contribution in [-0.2, 0) is 9.59 Å². The maximum Gasteiger partial charge on any atom is 0.294 e. The van der Waals surface area contributed by atoms with E-state index in [4.69, 9.17) is 0 Å². The Hall–Kier alpha value is -3.78. The Morgan fingerprint density at radius 3 is 2.15 bits per heavy atom. The van der Waals surface area contributed by atoms with Gasteiger partial charge in [0.25, 0.3) is 11.1 Å². The number of imide groups is 1. The topological polar surface area (TPSA) is 65.9 Å². The molecule has 8 heteroatoms. The van der Waals surface area contributed by atoms with E-state index in [-0.39, 0.29) is 12.5 Å². The van der Waals surface area contributed by atoms with E-state index in [1.165, 1.54) is 0 Å². The zero-order valence-electron chi connectivity index (χ0n) is 18.5. The third-order valence-corrected chi connectivity index (χ3v) is 6.92. The number of hydrogen-bond acceptors (Lipinski definition) is 5. The van der Waals surface area contributed by atoms with Gasteiger partial charge in [0.05, 0.1) is 4.91 Å². The van der Waals surface area contributed by atoms with Crippen LogP contribution < -0.4 is 4.90 Å². The van der Waals surface area contributed by atoms with Crippen molar-refractivity contribution in [3.8, 4) is 5.69 Å². The lowest BCUT2D eigenvalue weighted by molar-refractivity contribution is -0.136. The molecule has 0 atom stereocenters.